The molecule has 0 amide bonds. The molecular formula is C12H11N3O. The highest BCUT2D eigenvalue weighted by atomic mass is 16.1. The minimum atomic E-state index is 0.503. The number of aromatic amines is 1. The molecule has 16 heavy (non-hydrogen) atoms. The molecular weight excluding hydrogens is 202 g/mol. The van der Waals surface area contributed by atoms with Crippen LogP contribution in [-0.4, -0.2) is 21.5 Å². The van der Waals surface area contributed by atoms with Gasteiger partial charge >= 0.3 is 0 Å². The van der Waals surface area contributed by atoms with Crippen molar-refractivity contribution in [2.24, 2.45) is 0 Å². The molecule has 1 N–H and O–H groups in total. The molecule has 1 fully saturated rings. The number of carbonyl (C=O) groups is 1. The number of aldehydes is 1. The van der Waals surface area contributed by atoms with Gasteiger partial charge in [-0.05, 0) is 25.0 Å². The average molecular weight is 213 g/mol. The number of nitrogens with one attached hydrogen (secondary N) is 1. The van der Waals surface area contributed by atoms with E-state index < -0.39 is 0 Å². The number of hydrogen-bond acceptors (Lipinski definition) is 3. The summed E-state index contributed by atoms with van der Waals surface area (Å²) >= 11 is 0. The quantitative estimate of drug-likeness (QED) is 0.795. The van der Waals surface area contributed by atoms with Crippen LogP contribution in [0.3, 0.4) is 0 Å². The van der Waals surface area contributed by atoms with Gasteiger partial charge in [0, 0.05) is 29.6 Å². The summed E-state index contributed by atoms with van der Waals surface area (Å²) in [5.41, 5.74) is 3.36. The van der Waals surface area contributed by atoms with Crippen LogP contribution in [0, 0.1) is 0 Å². The Kier molecular flexibility index (Phi) is 2.06. The lowest BCUT2D eigenvalue weighted by atomic mass is 10.1. The average Bonchev–Trinajstić information content (AvgIpc) is 3.09. The van der Waals surface area contributed by atoms with Crippen LogP contribution in [0.1, 0.15) is 34.8 Å². The maximum Gasteiger partial charge on any atom is 0.154 e. The molecule has 0 atom stereocenters. The molecule has 4 nitrogen and oxygen atoms in total. The van der Waals surface area contributed by atoms with Crippen molar-refractivity contribution in [1.82, 2.24) is 15.2 Å². The van der Waals surface area contributed by atoms with Crippen molar-refractivity contribution in [2.75, 3.05) is 0 Å². The van der Waals surface area contributed by atoms with Gasteiger partial charge in [0.05, 0.1) is 5.56 Å². The third kappa shape index (κ3) is 1.43. The van der Waals surface area contributed by atoms with Crippen LogP contribution >= 0.6 is 0 Å². The summed E-state index contributed by atoms with van der Waals surface area (Å²) in [6.07, 6.45) is 6.61. The van der Waals surface area contributed by atoms with E-state index in [1.54, 1.807) is 12.4 Å². The number of aromatic nitrogens is 3. The van der Waals surface area contributed by atoms with Crippen LogP contribution in [0.5, 0.6) is 0 Å². The predicted octanol–water partition coefficient (Wildman–Crippen LogP) is 2.16. The number of H-pyrrole nitrogens is 1. The third-order valence-electron chi connectivity index (χ3n) is 2.89. The first-order valence-corrected chi connectivity index (χ1v) is 5.34. The largest absolute Gasteiger partial charge is 0.298 e. The zero-order chi connectivity index (χ0) is 11.0. The molecule has 0 aliphatic heterocycles. The molecule has 0 bridgehead atoms. The Balaban J connectivity index is 2.10. The minimum Gasteiger partial charge on any atom is -0.298 e. The van der Waals surface area contributed by atoms with Crippen LogP contribution < -0.4 is 0 Å². The molecule has 1 aliphatic carbocycles. The van der Waals surface area contributed by atoms with Gasteiger partial charge in [0.2, 0.25) is 0 Å². The molecule has 2 aromatic heterocycles. The van der Waals surface area contributed by atoms with Gasteiger partial charge in [0.25, 0.3) is 0 Å². The lowest BCUT2D eigenvalue weighted by Gasteiger charge is -1.97. The molecule has 2 heterocycles. The van der Waals surface area contributed by atoms with Gasteiger partial charge in [-0.15, -0.1) is 0 Å². The number of pyridine rings is 1. The summed E-state index contributed by atoms with van der Waals surface area (Å²) in [5.74, 6) is 0.503. The van der Waals surface area contributed by atoms with Crippen molar-refractivity contribution in [3.8, 4) is 11.3 Å². The summed E-state index contributed by atoms with van der Waals surface area (Å²) in [4.78, 5) is 15.1. The number of carbonyl (C=O) groups excluding carboxylic acids is 1. The van der Waals surface area contributed by atoms with Crippen LogP contribution in [0.4, 0.5) is 0 Å². The van der Waals surface area contributed by atoms with E-state index in [2.05, 4.69) is 15.2 Å². The normalized spacial score (nSPS) is 15.0. The standard InChI is InChI=1S/C12H11N3O/c16-7-10-11(8-1-2-8)14-15-12(10)9-3-5-13-6-4-9/h3-8H,1-2H2,(H,14,15). The van der Waals surface area contributed by atoms with Gasteiger partial charge in [-0.3, -0.25) is 14.9 Å². The maximum atomic E-state index is 11.1. The molecule has 1 aliphatic rings. The smallest absolute Gasteiger partial charge is 0.154 e. The van der Waals surface area contributed by atoms with Gasteiger partial charge in [-0.25, -0.2) is 0 Å². The number of nitrogens with zero attached hydrogens (tertiary/aromatic N) is 2. The highest BCUT2D eigenvalue weighted by Crippen LogP contribution is 2.41. The van der Waals surface area contributed by atoms with Gasteiger partial charge in [0.15, 0.2) is 6.29 Å². The van der Waals surface area contributed by atoms with Crippen LogP contribution in [0.15, 0.2) is 24.5 Å². The van der Waals surface area contributed by atoms with E-state index in [4.69, 9.17) is 0 Å². The van der Waals surface area contributed by atoms with Crippen LogP contribution in [0.25, 0.3) is 11.3 Å². The third-order valence-corrected chi connectivity index (χ3v) is 2.89. The second-order valence-corrected chi connectivity index (χ2v) is 4.03. The first kappa shape index (κ1) is 9.27. The zero-order valence-electron chi connectivity index (χ0n) is 8.68. The van der Waals surface area contributed by atoms with E-state index in [9.17, 15) is 4.79 Å². The molecule has 0 radical (unpaired) electrons. The SMILES string of the molecule is O=Cc1c(-c2ccncc2)n[nH]c1C1CC1. The van der Waals surface area contributed by atoms with Crippen molar-refractivity contribution >= 4 is 6.29 Å². The van der Waals surface area contributed by atoms with Gasteiger partial charge < -0.3 is 0 Å². The molecule has 0 aromatic carbocycles. The maximum absolute atomic E-state index is 11.1. The summed E-state index contributed by atoms with van der Waals surface area (Å²) in [6.45, 7) is 0. The topological polar surface area (TPSA) is 58.6 Å². The molecule has 80 valence electrons. The zero-order valence-corrected chi connectivity index (χ0v) is 8.68. The van der Waals surface area contributed by atoms with E-state index in [1.165, 1.54) is 0 Å². The predicted molar refractivity (Wildman–Crippen MR) is 59.2 cm³/mol. The molecule has 0 saturated heterocycles. The fourth-order valence-electron chi connectivity index (χ4n) is 1.90. The molecule has 1 saturated carbocycles. The van der Waals surface area contributed by atoms with E-state index >= 15 is 0 Å². The molecule has 4 heteroatoms. The van der Waals surface area contributed by atoms with Crippen molar-refractivity contribution < 1.29 is 4.79 Å². The van der Waals surface area contributed by atoms with E-state index in [-0.39, 0.29) is 0 Å². The fourth-order valence-corrected chi connectivity index (χ4v) is 1.90. The first-order chi connectivity index (χ1) is 7.90. The Morgan fingerprint density at radius 3 is 2.69 bits per heavy atom. The Bertz CT molecular complexity index is 514. The summed E-state index contributed by atoms with van der Waals surface area (Å²) < 4.78 is 0. The molecule has 2 aromatic rings. The van der Waals surface area contributed by atoms with Crippen molar-refractivity contribution in [3.05, 3.63) is 35.8 Å². The Morgan fingerprint density at radius 2 is 2.06 bits per heavy atom. The molecule has 3 rings (SSSR count). The van der Waals surface area contributed by atoms with Crippen molar-refractivity contribution in [2.45, 2.75) is 18.8 Å². The molecule has 0 spiro atoms. The highest BCUT2D eigenvalue weighted by molar-refractivity contribution is 5.87. The van der Waals surface area contributed by atoms with E-state index in [0.29, 0.717) is 11.5 Å². The minimum absolute atomic E-state index is 0.503. The van der Waals surface area contributed by atoms with Crippen LogP contribution in [-0.2, 0) is 0 Å². The molecule has 0 unspecified atom stereocenters. The van der Waals surface area contributed by atoms with Crippen LogP contribution in [0.2, 0.25) is 0 Å². The number of rotatable bonds is 3. The number of hydrogen-bond donors (Lipinski definition) is 1. The highest BCUT2D eigenvalue weighted by Gasteiger charge is 2.29. The Hall–Kier alpha value is -1.97. The van der Waals surface area contributed by atoms with E-state index in [0.717, 1.165) is 36.1 Å². The second-order valence-electron chi connectivity index (χ2n) is 4.03. The summed E-state index contributed by atoms with van der Waals surface area (Å²) in [5, 5.41) is 7.22. The Labute approximate surface area is 92.7 Å². The fraction of sp³-hybridized carbons (Fsp3) is 0.250. The first-order valence-electron chi connectivity index (χ1n) is 5.34. The van der Waals surface area contributed by atoms with E-state index in [1.807, 2.05) is 12.1 Å². The second kappa shape index (κ2) is 3.56. The van der Waals surface area contributed by atoms with Gasteiger partial charge in [-0.2, -0.15) is 5.10 Å². The Morgan fingerprint density at radius 1 is 1.31 bits per heavy atom. The summed E-state index contributed by atoms with van der Waals surface area (Å²) in [7, 11) is 0. The lowest BCUT2D eigenvalue weighted by Crippen LogP contribution is -1.89. The van der Waals surface area contributed by atoms with Gasteiger partial charge in [-0.1, -0.05) is 0 Å². The van der Waals surface area contributed by atoms with Crippen molar-refractivity contribution in [3.63, 3.8) is 0 Å². The van der Waals surface area contributed by atoms with Gasteiger partial charge in [0.1, 0.15) is 5.69 Å². The lowest BCUT2D eigenvalue weighted by molar-refractivity contribution is 0.112. The van der Waals surface area contributed by atoms with Crippen molar-refractivity contribution in [1.29, 1.82) is 0 Å². The summed E-state index contributed by atoms with van der Waals surface area (Å²) in [6, 6.07) is 3.72. The monoisotopic (exact) mass is 213 g/mol.